The number of carbonyl (C=O) groups is 1. The molecule has 1 amide bonds. The Kier molecular flexibility index (Phi) is 4.21. The summed E-state index contributed by atoms with van der Waals surface area (Å²) < 4.78 is 39.3. The van der Waals surface area contributed by atoms with Crippen molar-refractivity contribution < 1.29 is 17.6 Å². The third-order valence-electron chi connectivity index (χ3n) is 3.87. The predicted molar refractivity (Wildman–Crippen MR) is 87.9 cm³/mol. The first kappa shape index (κ1) is 16.4. The van der Waals surface area contributed by atoms with Gasteiger partial charge < -0.3 is 5.73 Å². The predicted octanol–water partition coefficient (Wildman–Crippen LogP) is 1.91. The molecule has 0 spiro atoms. The van der Waals surface area contributed by atoms with E-state index in [4.69, 9.17) is 5.73 Å². The number of hydrogen-bond donors (Lipinski definition) is 1. The first-order valence-corrected chi connectivity index (χ1v) is 8.67. The van der Waals surface area contributed by atoms with E-state index in [1.807, 2.05) is 0 Å². The Labute approximate surface area is 139 Å². The Morgan fingerprint density at radius 3 is 2.04 bits per heavy atom. The molecule has 124 valence electrons. The summed E-state index contributed by atoms with van der Waals surface area (Å²) in [4.78, 5) is 11.3. The number of rotatable bonds is 4. The van der Waals surface area contributed by atoms with Gasteiger partial charge in [-0.1, -0.05) is 30.3 Å². The molecule has 2 aromatic carbocycles. The molecule has 0 fully saturated rings. The van der Waals surface area contributed by atoms with Crippen LogP contribution in [0, 0.1) is 5.82 Å². The van der Waals surface area contributed by atoms with Crippen molar-refractivity contribution in [1.82, 2.24) is 4.31 Å². The van der Waals surface area contributed by atoms with Crippen molar-refractivity contribution in [3.05, 3.63) is 66.0 Å². The van der Waals surface area contributed by atoms with Gasteiger partial charge in [-0.3, -0.25) is 4.79 Å². The van der Waals surface area contributed by atoms with Gasteiger partial charge in [0.2, 0.25) is 15.9 Å². The summed E-state index contributed by atoms with van der Waals surface area (Å²) in [5, 5.41) is 0. The fourth-order valence-corrected chi connectivity index (χ4v) is 3.86. The van der Waals surface area contributed by atoms with Gasteiger partial charge >= 0.3 is 0 Å². The molecule has 2 N–H and O–H groups in total. The summed E-state index contributed by atoms with van der Waals surface area (Å²) in [6.45, 7) is 0.109. The molecular weight excluding hydrogens is 331 g/mol. The first-order valence-electron chi connectivity index (χ1n) is 7.23. The molecule has 0 atom stereocenters. The third-order valence-corrected chi connectivity index (χ3v) is 5.70. The molecule has 0 unspecified atom stereocenters. The van der Waals surface area contributed by atoms with E-state index >= 15 is 0 Å². The highest BCUT2D eigenvalue weighted by atomic mass is 32.2. The van der Waals surface area contributed by atoms with Crippen LogP contribution >= 0.6 is 0 Å². The van der Waals surface area contributed by atoms with Crippen LogP contribution < -0.4 is 5.73 Å². The highest BCUT2D eigenvalue weighted by Crippen LogP contribution is 2.25. The first-order chi connectivity index (χ1) is 11.4. The lowest BCUT2D eigenvalue weighted by atomic mass is 10.1. The highest BCUT2D eigenvalue weighted by Gasteiger charge is 2.29. The number of halogens is 1. The fraction of sp³-hybridized carbons (Fsp3) is 0.118. The molecule has 0 saturated heterocycles. The molecule has 1 aliphatic heterocycles. The van der Waals surface area contributed by atoms with Crippen molar-refractivity contribution in [2.45, 2.75) is 4.90 Å². The quantitative estimate of drug-likeness (QED) is 0.918. The average molecular weight is 346 g/mol. The number of sulfonamides is 1. The maximum atomic E-state index is 13.0. The third kappa shape index (κ3) is 3.08. The molecule has 0 radical (unpaired) electrons. The SMILES string of the molecule is NC(=O)C1=CCN(S(=O)(=O)c2ccc(-c3ccc(F)cc3)cc2)C1. The molecule has 24 heavy (non-hydrogen) atoms. The zero-order chi connectivity index (χ0) is 17.3. The van der Waals surface area contributed by atoms with Crippen LogP contribution in [0.1, 0.15) is 0 Å². The van der Waals surface area contributed by atoms with E-state index in [1.165, 1.54) is 34.6 Å². The number of amides is 1. The van der Waals surface area contributed by atoms with Gasteiger partial charge in [-0.05, 0) is 35.4 Å². The number of hydrogen-bond acceptors (Lipinski definition) is 3. The minimum absolute atomic E-state index is 0.0165. The van der Waals surface area contributed by atoms with Gasteiger partial charge in [-0.15, -0.1) is 0 Å². The highest BCUT2D eigenvalue weighted by molar-refractivity contribution is 7.89. The van der Waals surface area contributed by atoms with Crippen LogP contribution in [0.25, 0.3) is 11.1 Å². The van der Waals surface area contributed by atoms with Crippen LogP contribution in [0.2, 0.25) is 0 Å². The van der Waals surface area contributed by atoms with Crippen LogP contribution in [0.3, 0.4) is 0 Å². The molecule has 5 nitrogen and oxygen atoms in total. The average Bonchev–Trinajstić information content (AvgIpc) is 3.07. The molecule has 0 aliphatic carbocycles. The Morgan fingerprint density at radius 1 is 1.00 bits per heavy atom. The summed E-state index contributed by atoms with van der Waals surface area (Å²) in [7, 11) is -3.70. The minimum atomic E-state index is -3.70. The largest absolute Gasteiger partial charge is 0.366 e. The smallest absolute Gasteiger partial charge is 0.245 e. The van der Waals surface area contributed by atoms with Gasteiger partial charge in [0.15, 0.2) is 0 Å². The van der Waals surface area contributed by atoms with Crippen LogP contribution in [0.15, 0.2) is 65.1 Å². The Morgan fingerprint density at radius 2 is 1.54 bits per heavy atom. The van der Waals surface area contributed by atoms with Crippen molar-refractivity contribution in [2.75, 3.05) is 13.1 Å². The molecule has 1 aliphatic rings. The lowest BCUT2D eigenvalue weighted by Crippen LogP contribution is -2.30. The zero-order valence-corrected chi connectivity index (χ0v) is 13.5. The second-order valence-electron chi connectivity index (χ2n) is 5.42. The second kappa shape index (κ2) is 6.18. The van der Waals surface area contributed by atoms with E-state index in [-0.39, 0.29) is 23.8 Å². The normalized spacial score (nSPS) is 15.3. The van der Waals surface area contributed by atoms with Gasteiger partial charge in [0, 0.05) is 18.7 Å². The standard InChI is InChI=1S/C17H15FN2O3S/c18-15-5-1-12(2-6-15)13-3-7-16(8-4-13)24(22,23)20-10-9-14(11-20)17(19)21/h1-9H,10-11H2,(H2,19,21). The van der Waals surface area contributed by atoms with Crippen LogP contribution in [-0.2, 0) is 14.8 Å². The summed E-state index contributed by atoms with van der Waals surface area (Å²) in [5.74, 6) is -0.941. The van der Waals surface area contributed by atoms with Gasteiger partial charge in [0.25, 0.3) is 0 Å². The molecule has 0 aromatic heterocycles. The van der Waals surface area contributed by atoms with E-state index in [2.05, 4.69) is 0 Å². The van der Waals surface area contributed by atoms with Crippen molar-refractivity contribution in [3.8, 4) is 11.1 Å². The lowest BCUT2D eigenvalue weighted by molar-refractivity contribution is -0.114. The van der Waals surface area contributed by atoms with E-state index in [9.17, 15) is 17.6 Å². The van der Waals surface area contributed by atoms with E-state index < -0.39 is 15.9 Å². The zero-order valence-electron chi connectivity index (χ0n) is 12.6. The van der Waals surface area contributed by atoms with E-state index in [1.54, 1.807) is 24.3 Å². The van der Waals surface area contributed by atoms with Gasteiger partial charge in [-0.25, -0.2) is 12.8 Å². The van der Waals surface area contributed by atoms with Gasteiger partial charge in [0.1, 0.15) is 5.82 Å². The molecule has 0 saturated carbocycles. The van der Waals surface area contributed by atoms with Crippen molar-refractivity contribution >= 4 is 15.9 Å². The number of nitrogens with zero attached hydrogens (tertiary/aromatic N) is 1. The summed E-state index contributed by atoms with van der Waals surface area (Å²) in [5.41, 5.74) is 7.05. The lowest BCUT2D eigenvalue weighted by Gasteiger charge is -2.16. The number of benzene rings is 2. The van der Waals surface area contributed by atoms with E-state index in [0.717, 1.165) is 11.1 Å². The van der Waals surface area contributed by atoms with E-state index in [0.29, 0.717) is 5.57 Å². The van der Waals surface area contributed by atoms with Gasteiger partial charge in [-0.2, -0.15) is 4.31 Å². The van der Waals surface area contributed by atoms with Crippen molar-refractivity contribution in [1.29, 1.82) is 0 Å². The summed E-state index contributed by atoms with van der Waals surface area (Å²) >= 11 is 0. The fourth-order valence-electron chi connectivity index (χ4n) is 2.50. The van der Waals surface area contributed by atoms with Crippen LogP contribution in [0.4, 0.5) is 4.39 Å². The molecule has 7 heteroatoms. The monoisotopic (exact) mass is 346 g/mol. The molecular formula is C17H15FN2O3S. The molecule has 1 heterocycles. The maximum Gasteiger partial charge on any atom is 0.245 e. The number of primary amides is 1. The molecule has 2 aromatic rings. The summed E-state index contributed by atoms with van der Waals surface area (Å²) in [6.07, 6.45) is 1.52. The number of carbonyl (C=O) groups excluding carboxylic acids is 1. The van der Waals surface area contributed by atoms with Crippen LogP contribution in [-0.4, -0.2) is 31.7 Å². The van der Waals surface area contributed by atoms with Crippen molar-refractivity contribution in [3.63, 3.8) is 0 Å². The topological polar surface area (TPSA) is 80.5 Å². The summed E-state index contributed by atoms with van der Waals surface area (Å²) in [6, 6.07) is 12.3. The Bertz CT molecular complexity index is 904. The van der Waals surface area contributed by atoms with Crippen LogP contribution in [0.5, 0.6) is 0 Å². The van der Waals surface area contributed by atoms with Gasteiger partial charge in [0.05, 0.1) is 4.90 Å². The molecule has 0 bridgehead atoms. The second-order valence-corrected chi connectivity index (χ2v) is 7.36. The number of nitrogens with two attached hydrogens (primary N) is 1. The van der Waals surface area contributed by atoms with Crippen molar-refractivity contribution in [2.24, 2.45) is 5.73 Å². The Hall–Kier alpha value is -2.51. The Balaban J connectivity index is 1.83. The minimum Gasteiger partial charge on any atom is -0.366 e. The maximum absolute atomic E-state index is 13.0. The molecule has 3 rings (SSSR count).